The fourth-order valence-corrected chi connectivity index (χ4v) is 2.34. The average Bonchev–Trinajstić information content (AvgIpc) is 2.61. The van der Waals surface area contributed by atoms with Crippen LogP contribution in [0.5, 0.6) is 0 Å². The summed E-state index contributed by atoms with van der Waals surface area (Å²) in [5.41, 5.74) is 5.25. The highest BCUT2D eigenvalue weighted by Crippen LogP contribution is 2.23. The van der Waals surface area contributed by atoms with Crippen LogP contribution in [0.3, 0.4) is 0 Å². The second kappa shape index (κ2) is 8.58. The molecule has 0 bridgehead atoms. The number of primary amides is 1. The second-order valence-electron chi connectivity index (χ2n) is 6.25. The van der Waals surface area contributed by atoms with Gasteiger partial charge in [0, 0.05) is 18.2 Å². The van der Waals surface area contributed by atoms with Crippen LogP contribution >= 0.6 is 0 Å². The lowest BCUT2D eigenvalue weighted by atomic mass is 10.1. The van der Waals surface area contributed by atoms with Gasteiger partial charge in [0.1, 0.15) is 12.4 Å². The van der Waals surface area contributed by atoms with Crippen molar-refractivity contribution in [2.75, 3.05) is 30.0 Å². The minimum atomic E-state index is -1.64. The molecule has 10 heteroatoms. The molecule has 0 unspecified atom stereocenters. The minimum absolute atomic E-state index is 0.0874. The number of ether oxygens (including phenoxy) is 1. The molecule has 1 aromatic rings. The first-order chi connectivity index (χ1) is 12.7. The molecule has 0 aromatic heterocycles. The van der Waals surface area contributed by atoms with Crippen LogP contribution in [-0.4, -0.2) is 49.4 Å². The van der Waals surface area contributed by atoms with E-state index >= 15 is 0 Å². The molecule has 1 aliphatic heterocycles. The molecule has 9 nitrogen and oxygen atoms in total. The standard InChI is InChI=1S/C17H21FN4O5/c1-9(2)16(25)21-14(15(19)24)17(26)20-12-4-3-10(7-11(12)18)22-5-6-27-8-13(22)23/h3-4,7,9,14H,5-6,8H2,1-2H3,(H2,19,24)(H,20,26)(H,21,25)/t14-/m1/s1. The number of anilines is 2. The zero-order valence-electron chi connectivity index (χ0n) is 15.0. The lowest BCUT2D eigenvalue weighted by Crippen LogP contribution is -2.52. The summed E-state index contributed by atoms with van der Waals surface area (Å²) in [5, 5.41) is 4.43. The van der Waals surface area contributed by atoms with Crippen molar-refractivity contribution in [1.82, 2.24) is 5.32 Å². The predicted molar refractivity (Wildman–Crippen MR) is 94.2 cm³/mol. The van der Waals surface area contributed by atoms with Crippen molar-refractivity contribution in [2.45, 2.75) is 19.9 Å². The number of carbonyl (C=O) groups excluding carboxylic acids is 4. The van der Waals surface area contributed by atoms with Crippen LogP contribution in [0.2, 0.25) is 0 Å². The van der Waals surface area contributed by atoms with Gasteiger partial charge < -0.3 is 26.0 Å². The van der Waals surface area contributed by atoms with E-state index < -0.39 is 35.5 Å². The van der Waals surface area contributed by atoms with Crippen molar-refractivity contribution >= 4 is 35.0 Å². The number of amides is 4. The van der Waals surface area contributed by atoms with Gasteiger partial charge in [0.05, 0.1) is 12.3 Å². The number of carbonyl (C=O) groups is 4. The number of hydrogen-bond acceptors (Lipinski definition) is 5. The topological polar surface area (TPSA) is 131 Å². The van der Waals surface area contributed by atoms with Crippen LogP contribution in [0.4, 0.5) is 15.8 Å². The molecule has 1 aromatic carbocycles. The fourth-order valence-electron chi connectivity index (χ4n) is 2.34. The van der Waals surface area contributed by atoms with Crippen molar-refractivity contribution in [3.05, 3.63) is 24.0 Å². The molecule has 1 fully saturated rings. The molecule has 1 heterocycles. The largest absolute Gasteiger partial charge is 0.370 e. The van der Waals surface area contributed by atoms with Gasteiger partial charge in [-0.05, 0) is 18.2 Å². The highest BCUT2D eigenvalue weighted by molar-refractivity contribution is 6.11. The maximum absolute atomic E-state index is 14.4. The Morgan fingerprint density at radius 1 is 1.26 bits per heavy atom. The summed E-state index contributed by atoms with van der Waals surface area (Å²) in [7, 11) is 0. The van der Waals surface area contributed by atoms with Crippen LogP contribution in [0.15, 0.2) is 18.2 Å². The Morgan fingerprint density at radius 3 is 2.52 bits per heavy atom. The van der Waals surface area contributed by atoms with Gasteiger partial charge in [-0.25, -0.2) is 4.39 Å². The summed E-state index contributed by atoms with van der Waals surface area (Å²) in [6, 6.07) is 2.16. The molecule has 4 amide bonds. The van der Waals surface area contributed by atoms with Gasteiger partial charge in [0.25, 0.3) is 11.8 Å². The quantitative estimate of drug-likeness (QED) is 0.586. The van der Waals surface area contributed by atoms with Crippen molar-refractivity contribution in [2.24, 2.45) is 11.7 Å². The number of benzene rings is 1. The third-order valence-corrected chi connectivity index (χ3v) is 3.87. The van der Waals surface area contributed by atoms with Crippen LogP contribution in [0, 0.1) is 11.7 Å². The number of nitrogens with zero attached hydrogens (tertiary/aromatic N) is 1. The van der Waals surface area contributed by atoms with Gasteiger partial charge in [-0.2, -0.15) is 0 Å². The molecule has 2 rings (SSSR count). The van der Waals surface area contributed by atoms with E-state index in [0.29, 0.717) is 12.3 Å². The van der Waals surface area contributed by atoms with Gasteiger partial charge in [-0.3, -0.25) is 19.2 Å². The minimum Gasteiger partial charge on any atom is -0.370 e. The third-order valence-electron chi connectivity index (χ3n) is 3.87. The Morgan fingerprint density at radius 2 is 1.96 bits per heavy atom. The number of halogens is 1. The normalized spacial score (nSPS) is 15.4. The van der Waals surface area contributed by atoms with Crippen LogP contribution in [-0.2, 0) is 23.9 Å². The van der Waals surface area contributed by atoms with Gasteiger partial charge in [0.2, 0.25) is 11.8 Å². The van der Waals surface area contributed by atoms with E-state index in [-0.39, 0.29) is 24.7 Å². The Bertz CT molecular complexity index is 768. The predicted octanol–water partition coefficient (Wildman–Crippen LogP) is -0.246. The zero-order valence-corrected chi connectivity index (χ0v) is 15.0. The van der Waals surface area contributed by atoms with Crippen LogP contribution in [0.1, 0.15) is 13.8 Å². The summed E-state index contributed by atoms with van der Waals surface area (Å²) in [5.74, 6) is -4.17. The lowest BCUT2D eigenvalue weighted by molar-refractivity contribution is -0.134. The Balaban J connectivity index is 2.13. The maximum Gasteiger partial charge on any atom is 0.256 e. The summed E-state index contributed by atoms with van der Waals surface area (Å²) < 4.78 is 19.4. The highest BCUT2D eigenvalue weighted by Gasteiger charge is 2.28. The molecule has 4 N–H and O–H groups in total. The summed E-state index contributed by atoms with van der Waals surface area (Å²) >= 11 is 0. The number of hydrogen-bond donors (Lipinski definition) is 3. The number of rotatable bonds is 6. The van der Waals surface area contributed by atoms with E-state index in [9.17, 15) is 23.6 Å². The van der Waals surface area contributed by atoms with Gasteiger partial charge in [-0.1, -0.05) is 13.8 Å². The van der Waals surface area contributed by atoms with Gasteiger partial charge in [-0.15, -0.1) is 0 Å². The summed E-state index contributed by atoms with van der Waals surface area (Å²) in [6.45, 7) is 3.69. The van der Waals surface area contributed by atoms with Crippen molar-refractivity contribution in [3.63, 3.8) is 0 Å². The highest BCUT2D eigenvalue weighted by atomic mass is 19.1. The first kappa shape index (κ1) is 20.3. The second-order valence-corrected chi connectivity index (χ2v) is 6.25. The maximum atomic E-state index is 14.4. The summed E-state index contributed by atoms with van der Waals surface area (Å²) in [4.78, 5) is 48.6. The van der Waals surface area contributed by atoms with Crippen molar-refractivity contribution in [3.8, 4) is 0 Å². The molecule has 146 valence electrons. The molecule has 27 heavy (non-hydrogen) atoms. The first-order valence-electron chi connectivity index (χ1n) is 8.29. The van der Waals surface area contributed by atoms with E-state index in [1.165, 1.54) is 17.0 Å². The molecule has 1 saturated heterocycles. The molecule has 0 saturated carbocycles. The molecule has 0 aliphatic carbocycles. The Hall–Kier alpha value is -3.01. The average molecular weight is 380 g/mol. The zero-order chi connectivity index (χ0) is 20.1. The Kier molecular flexibility index (Phi) is 6.45. The van der Waals surface area contributed by atoms with Crippen LogP contribution in [0.25, 0.3) is 0 Å². The number of nitrogens with one attached hydrogen (secondary N) is 2. The van der Waals surface area contributed by atoms with E-state index in [1.54, 1.807) is 13.8 Å². The molecule has 1 aliphatic rings. The number of nitrogens with two attached hydrogens (primary N) is 1. The SMILES string of the molecule is CC(C)C(=O)N[C@H](C(N)=O)C(=O)Nc1ccc(N2CCOCC2=O)cc1F. The number of morpholine rings is 1. The van der Waals surface area contributed by atoms with Crippen molar-refractivity contribution in [1.29, 1.82) is 0 Å². The summed E-state index contributed by atoms with van der Waals surface area (Å²) in [6.07, 6.45) is 0. The van der Waals surface area contributed by atoms with Gasteiger partial charge in [0.15, 0.2) is 6.04 Å². The molecule has 1 atom stereocenters. The van der Waals surface area contributed by atoms with E-state index in [4.69, 9.17) is 10.5 Å². The van der Waals surface area contributed by atoms with Crippen molar-refractivity contribution < 1.29 is 28.3 Å². The van der Waals surface area contributed by atoms with E-state index in [1.807, 2.05) is 0 Å². The Labute approximate surface area is 155 Å². The molecule has 0 radical (unpaired) electrons. The smallest absolute Gasteiger partial charge is 0.256 e. The fraction of sp³-hybridized carbons (Fsp3) is 0.412. The van der Waals surface area contributed by atoms with Gasteiger partial charge >= 0.3 is 0 Å². The van der Waals surface area contributed by atoms with E-state index in [0.717, 1.165) is 6.07 Å². The van der Waals surface area contributed by atoms with E-state index in [2.05, 4.69) is 10.6 Å². The lowest BCUT2D eigenvalue weighted by Gasteiger charge is -2.27. The molecular weight excluding hydrogens is 359 g/mol. The third kappa shape index (κ3) is 5.00. The van der Waals surface area contributed by atoms with Crippen LogP contribution < -0.4 is 21.3 Å². The first-order valence-corrected chi connectivity index (χ1v) is 8.29. The monoisotopic (exact) mass is 380 g/mol. The molecule has 0 spiro atoms. The molecular formula is C17H21FN4O5.